The third-order valence-electron chi connectivity index (χ3n) is 5.48. The molecule has 0 N–H and O–H groups in total. The van der Waals surface area contributed by atoms with Crippen LogP contribution in [-0.2, 0) is 4.74 Å². The summed E-state index contributed by atoms with van der Waals surface area (Å²) in [5.74, 6) is 0.766. The van der Waals surface area contributed by atoms with Crippen molar-refractivity contribution in [3.63, 3.8) is 0 Å². The van der Waals surface area contributed by atoms with Crippen molar-refractivity contribution < 1.29 is 33.3 Å². The third-order valence-corrected chi connectivity index (χ3v) is 6.40. The largest absolute Gasteiger partial charge is 0.497 e. The number of hydrogen-bond acceptors (Lipinski definition) is 9. The van der Waals surface area contributed by atoms with Crippen molar-refractivity contribution in [1.29, 1.82) is 0 Å². The Morgan fingerprint density at radius 3 is 2.14 bits per heavy atom. The highest BCUT2D eigenvalue weighted by atomic mass is 32.1. The molecule has 1 aromatic heterocycles. The van der Waals surface area contributed by atoms with E-state index in [4.69, 9.17) is 23.7 Å². The number of hydrogen-bond donors (Lipinski definition) is 0. The average molecular weight is 515 g/mol. The zero-order valence-corrected chi connectivity index (χ0v) is 21.2. The molecule has 2 aromatic carbocycles. The molecule has 1 aliphatic heterocycles. The molecule has 1 aliphatic rings. The van der Waals surface area contributed by atoms with E-state index in [-0.39, 0.29) is 21.8 Å². The lowest BCUT2D eigenvalue weighted by Gasteiger charge is -2.25. The summed E-state index contributed by atoms with van der Waals surface area (Å²) in [6.07, 6.45) is 0. The number of carbonyl (C=O) groups excluding carboxylic acids is 2. The van der Waals surface area contributed by atoms with Crippen LogP contribution in [0.2, 0.25) is 0 Å². The molecule has 12 heteroatoms. The topological polar surface area (TPSA) is 114 Å². The van der Waals surface area contributed by atoms with Crippen LogP contribution < -0.4 is 23.6 Å². The lowest BCUT2D eigenvalue weighted by atomic mass is 10.1. The number of amides is 2. The molecular formula is C24H26N4O7S. The highest BCUT2D eigenvalue weighted by Crippen LogP contribution is 2.38. The Bertz CT molecular complexity index is 1290. The molecule has 11 nitrogen and oxygen atoms in total. The number of benzene rings is 2. The first-order valence-electron chi connectivity index (χ1n) is 11.0. The Balaban J connectivity index is 1.79. The van der Waals surface area contributed by atoms with Crippen LogP contribution in [0.1, 0.15) is 20.8 Å². The van der Waals surface area contributed by atoms with Crippen molar-refractivity contribution in [3.05, 3.63) is 52.3 Å². The van der Waals surface area contributed by atoms with E-state index in [0.29, 0.717) is 55.0 Å². The normalized spacial score (nSPS) is 13.9. The van der Waals surface area contributed by atoms with E-state index in [0.717, 1.165) is 11.5 Å². The second kappa shape index (κ2) is 11.2. The van der Waals surface area contributed by atoms with Crippen LogP contribution in [0.3, 0.4) is 0 Å². The molecule has 0 spiro atoms. The van der Waals surface area contributed by atoms with Crippen molar-refractivity contribution in [3.8, 4) is 28.7 Å². The van der Waals surface area contributed by atoms with Gasteiger partial charge in [-0.1, -0.05) is 0 Å². The standard InChI is InChI=1S/C24H26N4O7S/c1-31-17-7-5-16(6-8-17)28-26-20(24(30)27-9-11-35-12-10-27)23(36-28)25-22(29)15-13-18(32-2)21(34-4)19(14-15)33-3/h5-8,13-14H,9-12H2,1-4H3. The van der Waals surface area contributed by atoms with Gasteiger partial charge in [-0.2, -0.15) is 9.06 Å². The molecule has 0 aliphatic carbocycles. The molecule has 36 heavy (non-hydrogen) atoms. The summed E-state index contributed by atoms with van der Waals surface area (Å²) in [7, 11) is 5.98. The van der Waals surface area contributed by atoms with E-state index in [9.17, 15) is 9.59 Å². The van der Waals surface area contributed by atoms with E-state index >= 15 is 0 Å². The van der Waals surface area contributed by atoms with Crippen LogP contribution in [0.15, 0.2) is 41.4 Å². The first-order chi connectivity index (χ1) is 17.5. The second-order valence-corrected chi connectivity index (χ2v) is 8.47. The smallest absolute Gasteiger partial charge is 0.278 e. The molecule has 190 valence electrons. The molecule has 1 saturated heterocycles. The van der Waals surface area contributed by atoms with Gasteiger partial charge in [0, 0.05) is 18.7 Å². The van der Waals surface area contributed by atoms with Gasteiger partial charge in [0.05, 0.1) is 47.3 Å². The van der Waals surface area contributed by atoms with Gasteiger partial charge < -0.3 is 28.6 Å². The number of ether oxygens (including phenoxy) is 5. The minimum absolute atomic E-state index is 0.0820. The number of rotatable bonds is 7. The van der Waals surface area contributed by atoms with Crippen molar-refractivity contribution in [2.75, 3.05) is 54.7 Å². The van der Waals surface area contributed by atoms with Crippen molar-refractivity contribution in [1.82, 2.24) is 14.1 Å². The maximum atomic E-state index is 13.3. The first-order valence-corrected chi connectivity index (χ1v) is 11.8. The molecule has 2 amide bonds. The number of morpholine rings is 1. The second-order valence-electron chi connectivity index (χ2n) is 7.55. The molecule has 0 atom stereocenters. The highest BCUT2D eigenvalue weighted by molar-refractivity contribution is 7.04. The van der Waals surface area contributed by atoms with Gasteiger partial charge in [0.1, 0.15) is 5.75 Å². The summed E-state index contributed by atoms with van der Waals surface area (Å²) >= 11 is 1.08. The maximum absolute atomic E-state index is 13.3. The fraction of sp³-hybridized carbons (Fsp3) is 0.333. The first kappa shape index (κ1) is 25.2. The SMILES string of the molecule is COc1ccc(-n2nc(C(=O)N3CCOCC3)c(=NC(=O)c3cc(OC)c(OC)c(OC)c3)s2)cc1. The zero-order chi connectivity index (χ0) is 25.7. The van der Waals surface area contributed by atoms with Gasteiger partial charge in [-0.15, -0.1) is 5.10 Å². The van der Waals surface area contributed by atoms with E-state index in [1.165, 1.54) is 33.5 Å². The van der Waals surface area contributed by atoms with Gasteiger partial charge in [0.15, 0.2) is 21.9 Å². The lowest BCUT2D eigenvalue weighted by molar-refractivity contribution is 0.0297. The Morgan fingerprint density at radius 2 is 1.58 bits per heavy atom. The minimum Gasteiger partial charge on any atom is -0.497 e. The summed E-state index contributed by atoms with van der Waals surface area (Å²) in [5, 5.41) is 4.50. The fourth-order valence-corrected chi connectivity index (χ4v) is 4.44. The quantitative estimate of drug-likeness (QED) is 0.472. The van der Waals surface area contributed by atoms with Gasteiger partial charge in [-0.05, 0) is 47.9 Å². The fourth-order valence-electron chi connectivity index (χ4n) is 3.58. The Kier molecular flexibility index (Phi) is 7.86. The maximum Gasteiger partial charge on any atom is 0.278 e. The van der Waals surface area contributed by atoms with Crippen molar-refractivity contribution in [2.24, 2.45) is 4.99 Å². The zero-order valence-electron chi connectivity index (χ0n) is 20.3. The van der Waals surface area contributed by atoms with Gasteiger partial charge in [-0.25, -0.2) is 0 Å². The summed E-state index contributed by atoms with van der Waals surface area (Å²) in [4.78, 5) is 32.5. The summed E-state index contributed by atoms with van der Waals surface area (Å²) in [6.45, 7) is 1.73. The molecule has 1 fully saturated rings. The van der Waals surface area contributed by atoms with E-state index in [1.807, 2.05) is 0 Å². The van der Waals surface area contributed by atoms with Crippen LogP contribution in [0.5, 0.6) is 23.0 Å². The third kappa shape index (κ3) is 5.19. The molecular weight excluding hydrogens is 488 g/mol. The Hall–Kier alpha value is -3.90. The average Bonchev–Trinajstić information content (AvgIpc) is 3.35. The monoisotopic (exact) mass is 514 g/mol. The number of carbonyl (C=O) groups is 2. The van der Waals surface area contributed by atoms with E-state index in [1.54, 1.807) is 40.3 Å². The van der Waals surface area contributed by atoms with Crippen LogP contribution >= 0.6 is 11.5 Å². The minimum atomic E-state index is -0.587. The van der Waals surface area contributed by atoms with E-state index in [2.05, 4.69) is 10.1 Å². The lowest BCUT2D eigenvalue weighted by Crippen LogP contribution is -2.42. The van der Waals surface area contributed by atoms with Gasteiger partial charge in [0.25, 0.3) is 11.8 Å². The van der Waals surface area contributed by atoms with E-state index < -0.39 is 5.91 Å². The van der Waals surface area contributed by atoms with Crippen LogP contribution in [-0.4, -0.2) is 80.6 Å². The molecule has 2 heterocycles. The highest BCUT2D eigenvalue weighted by Gasteiger charge is 2.25. The van der Waals surface area contributed by atoms with Crippen LogP contribution in [0.4, 0.5) is 0 Å². The van der Waals surface area contributed by atoms with Gasteiger partial charge in [0.2, 0.25) is 5.75 Å². The number of aromatic nitrogens is 2. The van der Waals surface area contributed by atoms with Crippen LogP contribution in [0, 0.1) is 0 Å². The number of nitrogens with zero attached hydrogens (tertiary/aromatic N) is 4. The molecule has 0 saturated carbocycles. The molecule has 0 radical (unpaired) electrons. The summed E-state index contributed by atoms with van der Waals surface area (Å²) < 4.78 is 28.3. The van der Waals surface area contributed by atoms with Crippen molar-refractivity contribution in [2.45, 2.75) is 0 Å². The molecule has 0 bridgehead atoms. The number of methoxy groups -OCH3 is 4. The predicted molar refractivity (Wildman–Crippen MR) is 131 cm³/mol. The molecule has 0 unspecified atom stereocenters. The molecule has 3 aromatic rings. The summed E-state index contributed by atoms with van der Waals surface area (Å²) in [6, 6.07) is 10.2. The Labute approximate surface area is 211 Å². The van der Waals surface area contributed by atoms with Crippen molar-refractivity contribution >= 4 is 23.3 Å². The van der Waals surface area contributed by atoms with Gasteiger partial charge >= 0.3 is 0 Å². The summed E-state index contributed by atoms with van der Waals surface area (Å²) in [5.41, 5.74) is 0.982. The molecule has 4 rings (SSSR count). The van der Waals surface area contributed by atoms with Crippen LogP contribution in [0.25, 0.3) is 5.69 Å². The van der Waals surface area contributed by atoms with Gasteiger partial charge in [-0.3, -0.25) is 9.59 Å². The predicted octanol–water partition coefficient (Wildman–Crippen LogP) is 2.18. The Morgan fingerprint density at radius 1 is 0.944 bits per heavy atom.